The average molecular weight is 512 g/mol. The molecule has 2 heterocycles. The number of hydrogen-bond donors (Lipinski definition) is 1. The van der Waals surface area contributed by atoms with Gasteiger partial charge in [-0.05, 0) is 43.7 Å². The normalized spacial score (nSPS) is 19.8. The summed E-state index contributed by atoms with van der Waals surface area (Å²) in [5.74, 6) is 0.0279. The number of amides is 1. The monoisotopic (exact) mass is 511 g/mol. The van der Waals surface area contributed by atoms with Crippen LogP contribution in [0.3, 0.4) is 0 Å². The minimum atomic E-state index is -1.22. The van der Waals surface area contributed by atoms with Crippen LogP contribution in [0.2, 0.25) is 25.7 Å². The Hall–Kier alpha value is -2.77. The van der Waals surface area contributed by atoms with Crippen LogP contribution in [-0.4, -0.2) is 46.5 Å². The molecule has 0 aromatic carbocycles. The largest absolute Gasteiger partial charge is 0.361 e. The highest BCUT2D eigenvalue weighted by molar-refractivity contribution is 6.76. The molecule has 0 saturated heterocycles. The number of pyridine rings is 1. The van der Waals surface area contributed by atoms with E-state index in [9.17, 15) is 19.6 Å². The van der Waals surface area contributed by atoms with Crippen molar-refractivity contribution in [1.82, 2.24) is 19.4 Å². The molecule has 2 aromatic heterocycles. The van der Waals surface area contributed by atoms with Crippen LogP contribution in [0, 0.1) is 23.2 Å². The van der Waals surface area contributed by atoms with Crippen molar-refractivity contribution in [3.8, 4) is 6.07 Å². The van der Waals surface area contributed by atoms with Gasteiger partial charge in [-0.1, -0.05) is 32.5 Å². The fourth-order valence-electron chi connectivity index (χ4n) is 4.83. The number of fused-ring (bicyclic) bond motifs is 1. The van der Waals surface area contributed by atoms with Gasteiger partial charge < -0.3 is 19.2 Å². The first kappa shape index (κ1) is 26.3. The van der Waals surface area contributed by atoms with Crippen molar-refractivity contribution in [2.75, 3.05) is 6.61 Å². The van der Waals surface area contributed by atoms with Crippen LogP contribution in [0.25, 0.3) is 11.0 Å². The van der Waals surface area contributed by atoms with E-state index in [1.54, 1.807) is 23.2 Å². The predicted octanol–water partition coefficient (Wildman–Crippen LogP) is 3.62. The Morgan fingerprint density at radius 1 is 1.28 bits per heavy atom. The number of carbonyl (C=O) groups is 2. The highest BCUT2D eigenvalue weighted by Gasteiger charge is 2.34. The van der Waals surface area contributed by atoms with Crippen LogP contribution in [-0.2, 0) is 21.1 Å². The molecule has 1 N–H and O–H groups in total. The van der Waals surface area contributed by atoms with Crippen molar-refractivity contribution in [1.29, 1.82) is 5.26 Å². The van der Waals surface area contributed by atoms with E-state index in [0.717, 1.165) is 31.7 Å². The molecule has 0 radical (unpaired) electrons. The third-order valence-electron chi connectivity index (χ3n) is 7.24. The van der Waals surface area contributed by atoms with Gasteiger partial charge in [0.25, 0.3) is 5.56 Å². The van der Waals surface area contributed by atoms with E-state index in [4.69, 9.17) is 4.74 Å². The SMILES string of the molecule is C[Si](C)(C)CCOCn1cnc2ccn(C(CC3CC3)C(=O)N[C@H](C#N)C[C@@H]3CCCC3=O)c(=O)c21. The lowest BCUT2D eigenvalue weighted by atomic mass is 9.97. The van der Waals surface area contributed by atoms with Gasteiger partial charge in [0.2, 0.25) is 5.91 Å². The van der Waals surface area contributed by atoms with E-state index in [-0.39, 0.29) is 29.9 Å². The Labute approximate surface area is 212 Å². The summed E-state index contributed by atoms with van der Waals surface area (Å²) in [6.07, 6.45) is 8.30. The van der Waals surface area contributed by atoms with E-state index in [1.807, 2.05) is 0 Å². The molecule has 0 bridgehead atoms. The van der Waals surface area contributed by atoms with Gasteiger partial charge in [0.1, 0.15) is 30.1 Å². The van der Waals surface area contributed by atoms with Gasteiger partial charge in [-0.2, -0.15) is 5.26 Å². The lowest BCUT2D eigenvalue weighted by Crippen LogP contribution is -2.43. The maximum Gasteiger partial charge on any atom is 0.277 e. The number of ketones is 1. The number of nitriles is 1. The molecular weight excluding hydrogens is 474 g/mol. The summed E-state index contributed by atoms with van der Waals surface area (Å²) in [6.45, 7) is 7.72. The topological polar surface area (TPSA) is 119 Å². The van der Waals surface area contributed by atoms with Crippen LogP contribution in [0.4, 0.5) is 0 Å². The molecule has 2 aliphatic carbocycles. The fraction of sp³-hybridized carbons (Fsp3) is 0.654. The number of nitrogens with one attached hydrogen (secondary N) is 1. The third kappa shape index (κ3) is 6.50. The summed E-state index contributed by atoms with van der Waals surface area (Å²) >= 11 is 0. The smallest absolute Gasteiger partial charge is 0.277 e. The summed E-state index contributed by atoms with van der Waals surface area (Å²) in [5.41, 5.74) is 0.678. The lowest BCUT2D eigenvalue weighted by Gasteiger charge is -2.22. The molecule has 194 valence electrons. The van der Waals surface area contributed by atoms with E-state index >= 15 is 0 Å². The molecule has 2 saturated carbocycles. The molecule has 4 rings (SSSR count). The van der Waals surface area contributed by atoms with Crippen molar-refractivity contribution < 1.29 is 14.3 Å². The number of aromatic nitrogens is 3. The van der Waals surface area contributed by atoms with Crippen LogP contribution in [0.1, 0.15) is 51.0 Å². The van der Waals surface area contributed by atoms with E-state index in [2.05, 4.69) is 36.0 Å². The maximum absolute atomic E-state index is 13.6. The zero-order valence-electron chi connectivity index (χ0n) is 21.5. The summed E-state index contributed by atoms with van der Waals surface area (Å²) in [7, 11) is -1.22. The summed E-state index contributed by atoms with van der Waals surface area (Å²) < 4.78 is 9.03. The third-order valence-corrected chi connectivity index (χ3v) is 8.94. The Balaban J connectivity index is 1.53. The second kappa shape index (κ2) is 11.1. The molecule has 9 nitrogen and oxygen atoms in total. The van der Waals surface area contributed by atoms with Crippen molar-refractivity contribution in [2.45, 2.75) is 89.4 Å². The molecular formula is C26H37N5O4Si. The molecule has 2 aliphatic rings. The number of ether oxygens (including phenoxy) is 1. The standard InChI is InChI=1S/C26H37N5O4Si/c1-36(2,3)12-11-35-17-30-16-28-21-9-10-31(26(34)24(21)30)22(13-18-7-8-18)25(33)29-20(15-27)14-19-5-4-6-23(19)32/h9-10,16,18-20,22H,4-8,11-14,17H2,1-3H3,(H,29,33)/t19-,20-,22?/m0/s1. The molecule has 36 heavy (non-hydrogen) atoms. The van der Waals surface area contributed by atoms with Crippen molar-refractivity contribution in [3.63, 3.8) is 0 Å². The first-order valence-electron chi connectivity index (χ1n) is 13.0. The molecule has 0 spiro atoms. The lowest BCUT2D eigenvalue weighted by molar-refractivity contribution is -0.126. The Morgan fingerprint density at radius 2 is 2.06 bits per heavy atom. The zero-order chi connectivity index (χ0) is 25.9. The van der Waals surface area contributed by atoms with Crippen LogP contribution < -0.4 is 10.9 Å². The van der Waals surface area contributed by atoms with Gasteiger partial charge in [-0.25, -0.2) is 4.98 Å². The number of carbonyl (C=O) groups excluding carboxylic acids is 2. The highest BCUT2D eigenvalue weighted by Crippen LogP contribution is 2.37. The van der Waals surface area contributed by atoms with E-state index in [0.29, 0.717) is 42.8 Å². The molecule has 0 aliphatic heterocycles. The van der Waals surface area contributed by atoms with Gasteiger partial charge in [0, 0.05) is 33.2 Å². The van der Waals surface area contributed by atoms with E-state index < -0.39 is 20.2 Å². The molecule has 1 unspecified atom stereocenters. The number of rotatable bonds is 12. The first-order valence-corrected chi connectivity index (χ1v) is 16.7. The average Bonchev–Trinajstić information content (AvgIpc) is 3.41. The summed E-state index contributed by atoms with van der Waals surface area (Å²) in [6, 6.07) is 3.45. The van der Waals surface area contributed by atoms with Crippen LogP contribution in [0.15, 0.2) is 23.4 Å². The minimum absolute atomic E-state index is 0.168. The Kier molecular flexibility index (Phi) is 8.10. The second-order valence-corrected chi connectivity index (χ2v) is 17.1. The van der Waals surface area contributed by atoms with Crippen LogP contribution in [0.5, 0.6) is 0 Å². The van der Waals surface area contributed by atoms with Gasteiger partial charge in [0.05, 0.1) is 17.9 Å². The molecule has 1 amide bonds. The second-order valence-electron chi connectivity index (χ2n) is 11.5. The van der Waals surface area contributed by atoms with Gasteiger partial charge in [0.15, 0.2) is 0 Å². The first-order chi connectivity index (χ1) is 17.2. The quantitative estimate of drug-likeness (QED) is 0.343. The van der Waals surface area contributed by atoms with Crippen molar-refractivity contribution in [2.24, 2.45) is 11.8 Å². The summed E-state index contributed by atoms with van der Waals surface area (Å²) in [4.78, 5) is 43.4. The molecule has 2 aromatic rings. The zero-order valence-corrected chi connectivity index (χ0v) is 22.5. The van der Waals surface area contributed by atoms with Gasteiger partial charge in [-0.3, -0.25) is 14.4 Å². The number of hydrogen-bond acceptors (Lipinski definition) is 6. The highest BCUT2D eigenvalue weighted by atomic mass is 28.3. The number of Topliss-reactive ketones (excluding diaryl/α,β-unsaturated/α-hetero) is 1. The Bertz CT molecular complexity index is 1200. The Morgan fingerprint density at radius 3 is 2.69 bits per heavy atom. The number of nitrogens with zero attached hydrogens (tertiary/aromatic N) is 4. The van der Waals surface area contributed by atoms with Crippen molar-refractivity contribution in [3.05, 3.63) is 28.9 Å². The fourth-order valence-corrected chi connectivity index (χ4v) is 5.58. The van der Waals surface area contributed by atoms with Crippen LogP contribution >= 0.6 is 0 Å². The van der Waals surface area contributed by atoms with Gasteiger partial charge >= 0.3 is 0 Å². The molecule has 10 heteroatoms. The minimum Gasteiger partial charge on any atom is -0.361 e. The van der Waals surface area contributed by atoms with Gasteiger partial charge in [-0.15, -0.1) is 0 Å². The van der Waals surface area contributed by atoms with E-state index in [1.165, 1.54) is 4.57 Å². The summed E-state index contributed by atoms with van der Waals surface area (Å²) in [5, 5.41) is 12.5. The predicted molar refractivity (Wildman–Crippen MR) is 139 cm³/mol. The maximum atomic E-state index is 13.6. The van der Waals surface area contributed by atoms with Crippen molar-refractivity contribution >= 4 is 30.8 Å². The molecule has 3 atom stereocenters. The molecule has 2 fully saturated rings. The number of imidazole rings is 1.